The van der Waals surface area contributed by atoms with Gasteiger partial charge in [-0.2, -0.15) is 0 Å². The Bertz CT molecular complexity index is 1060. The van der Waals surface area contributed by atoms with Crippen LogP contribution < -0.4 is 10.7 Å². The lowest BCUT2D eigenvalue weighted by molar-refractivity contribution is 0.0698. The summed E-state index contributed by atoms with van der Waals surface area (Å²) in [6.07, 6.45) is 0. The first-order valence-corrected chi connectivity index (χ1v) is 9.38. The topological polar surface area (TPSA) is 79.5 Å². The van der Waals surface area contributed by atoms with Gasteiger partial charge >= 0.3 is 5.97 Å². The molecule has 0 saturated heterocycles. The van der Waals surface area contributed by atoms with Crippen LogP contribution in [0.5, 0.6) is 0 Å². The van der Waals surface area contributed by atoms with Gasteiger partial charge in [0.15, 0.2) is 10.5 Å². The van der Waals surface area contributed by atoms with E-state index in [1.54, 1.807) is 25.1 Å². The van der Waals surface area contributed by atoms with E-state index in [4.69, 9.17) is 4.42 Å². The van der Waals surface area contributed by atoms with Crippen LogP contribution in [0.3, 0.4) is 0 Å². The van der Waals surface area contributed by atoms with Crippen molar-refractivity contribution in [1.82, 2.24) is 0 Å². The third-order valence-electron chi connectivity index (χ3n) is 4.08. The Balaban J connectivity index is 2.10. The summed E-state index contributed by atoms with van der Waals surface area (Å²) in [6.45, 7) is 3.69. The number of carboxylic acid groups (broad SMARTS) is 1. The van der Waals surface area contributed by atoms with Crippen molar-refractivity contribution in [3.63, 3.8) is 0 Å². The molecule has 0 amide bonds. The van der Waals surface area contributed by atoms with Crippen LogP contribution in [0, 0.1) is 5.82 Å². The number of benzene rings is 2. The number of carbonyl (C=O) groups is 1. The first kappa shape index (κ1) is 19.0. The second-order valence-electron chi connectivity index (χ2n) is 5.95. The highest BCUT2D eigenvalue weighted by Gasteiger charge is 2.18. The van der Waals surface area contributed by atoms with Gasteiger partial charge in [0.1, 0.15) is 11.4 Å². The molecule has 0 spiro atoms. The van der Waals surface area contributed by atoms with Crippen molar-refractivity contribution in [2.75, 3.05) is 11.1 Å². The van der Waals surface area contributed by atoms with Gasteiger partial charge in [-0.1, -0.05) is 30.8 Å². The molecule has 1 aromatic heterocycles. The van der Waals surface area contributed by atoms with Crippen LogP contribution in [0.4, 0.5) is 10.1 Å². The number of hydrogen-bond acceptors (Lipinski definition) is 5. The number of para-hydroxylation sites is 1. The maximum atomic E-state index is 14.1. The molecule has 5 nitrogen and oxygen atoms in total. The normalized spacial score (nSPS) is 12.1. The SMILES string of the molecule is CCSc1cc(=O)c2cc(F)cc(C(C)Nc3ccccc3C(=O)O)c2o1. The lowest BCUT2D eigenvalue weighted by Gasteiger charge is -2.18. The Morgan fingerprint density at radius 3 is 2.74 bits per heavy atom. The molecular formula is C20H18FNO4S. The molecule has 2 aromatic carbocycles. The van der Waals surface area contributed by atoms with Gasteiger partial charge in [0.2, 0.25) is 0 Å². The molecule has 0 saturated carbocycles. The van der Waals surface area contributed by atoms with E-state index in [2.05, 4.69) is 5.32 Å². The smallest absolute Gasteiger partial charge is 0.337 e. The number of thioether (sulfide) groups is 1. The molecule has 7 heteroatoms. The Hall–Kier alpha value is -2.80. The maximum Gasteiger partial charge on any atom is 0.337 e. The van der Waals surface area contributed by atoms with Crippen molar-refractivity contribution in [3.8, 4) is 0 Å². The van der Waals surface area contributed by atoms with E-state index in [0.29, 0.717) is 21.9 Å². The van der Waals surface area contributed by atoms with Crippen molar-refractivity contribution in [3.05, 3.63) is 69.6 Å². The zero-order chi connectivity index (χ0) is 19.6. The number of aromatic carboxylic acids is 1. The van der Waals surface area contributed by atoms with Gasteiger partial charge in [0.05, 0.1) is 17.0 Å². The van der Waals surface area contributed by atoms with Crippen LogP contribution in [-0.2, 0) is 0 Å². The van der Waals surface area contributed by atoms with Crippen molar-refractivity contribution in [2.24, 2.45) is 0 Å². The highest BCUT2D eigenvalue weighted by molar-refractivity contribution is 7.99. The molecular weight excluding hydrogens is 369 g/mol. The number of nitrogens with one attached hydrogen (secondary N) is 1. The number of halogens is 1. The van der Waals surface area contributed by atoms with Gasteiger partial charge in [0, 0.05) is 17.3 Å². The van der Waals surface area contributed by atoms with Crippen molar-refractivity contribution < 1.29 is 18.7 Å². The minimum atomic E-state index is -1.07. The molecule has 0 radical (unpaired) electrons. The van der Waals surface area contributed by atoms with Crippen molar-refractivity contribution in [2.45, 2.75) is 25.0 Å². The highest BCUT2D eigenvalue weighted by atomic mass is 32.2. The van der Waals surface area contributed by atoms with E-state index in [1.807, 2.05) is 6.92 Å². The second-order valence-corrected chi connectivity index (χ2v) is 7.22. The number of hydrogen-bond donors (Lipinski definition) is 2. The largest absolute Gasteiger partial charge is 0.478 e. The predicted molar refractivity (Wildman–Crippen MR) is 104 cm³/mol. The number of rotatable bonds is 6. The van der Waals surface area contributed by atoms with E-state index in [1.165, 1.54) is 30.0 Å². The van der Waals surface area contributed by atoms with Gasteiger partial charge < -0.3 is 14.8 Å². The monoisotopic (exact) mass is 387 g/mol. The van der Waals surface area contributed by atoms with E-state index in [-0.39, 0.29) is 16.4 Å². The van der Waals surface area contributed by atoms with Crippen molar-refractivity contribution in [1.29, 1.82) is 0 Å². The summed E-state index contributed by atoms with van der Waals surface area (Å²) < 4.78 is 20.0. The third kappa shape index (κ3) is 3.98. The summed E-state index contributed by atoms with van der Waals surface area (Å²) in [6, 6.07) is 9.78. The zero-order valence-corrected chi connectivity index (χ0v) is 15.6. The second kappa shape index (κ2) is 7.84. The van der Waals surface area contributed by atoms with Gasteiger partial charge in [-0.25, -0.2) is 9.18 Å². The van der Waals surface area contributed by atoms with E-state index < -0.39 is 17.8 Å². The summed E-state index contributed by atoms with van der Waals surface area (Å²) in [7, 11) is 0. The van der Waals surface area contributed by atoms with Crippen LogP contribution >= 0.6 is 11.8 Å². The average Bonchev–Trinajstić information content (AvgIpc) is 2.62. The lowest BCUT2D eigenvalue weighted by Crippen LogP contribution is -2.12. The molecule has 2 N–H and O–H groups in total. The number of anilines is 1. The standard InChI is InChI=1S/C20H18FNO4S/c1-3-27-18-10-17(23)15-9-12(21)8-14(19(15)26-18)11(2)22-16-7-5-4-6-13(16)20(24)25/h4-11,22H,3H2,1-2H3,(H,24,25). The molecule has 0 fully saturated rings. The molecule has 1 unspecified atom stereocenters. The summed E-state index contributed by atoms with van der Waals surface area (Å²) in [4.78, 5) is 23.8. The van der Waals surface area contributed by atoms with Gasteiger partial charge in [-0.3, -0.25) is 4.79 Å². The minimum absolute atomic E-state index is 0.105. The fourth-order valence-corrected chi connectivity index (χ4v) is 3.49. The van der Waals surface area contributed by atoms with Gasteiger partial charge in [-0.15, -0.1) is 0 Å². The minimum Gasteiger partial charge on any atom is -0.478 e. The van der Waals surface area contributed by atoms with Gasteiger partial charge in [-0.05, 0) is 36.9 Å². The summed E-state index contributed by atoms with van der Waals surface area (Å²) in [5.41, 5.74) is 0.935. The summed E-state index contributed by atoms with van der Waals surface area (Å²) >= 11 is 1.38. The van der Waals surface area contributed by atoms with E-state index in [0.717, 1.165) is 11.8 Å². The first-order chi connectivity index (χ1) is 12.9. The average molecular weight is 387 g/mol. The Labute approximate surface area is 159 Å². The van der Waals surface area contributed by atoms with Crippen LogP contribution in [0.15, 0.2) is 56.8 Å². The fourth-order valence-electron chi connectivity index (χ4n) is 2.87. The molecule has 0 bridgehead atoms. The van der Waals surface area contributed by atoms with Crippen LogP contribution in [0.1, 0.15) is 35.8 Å². The molecule has 3 rings (SSSR count). The Morgan fingerprint density at radius 2 is 2.04 bits per heavy atom. The van der Waals surface area contributed by atoms with E-state index in [9.17, 15) is 19.1 Å². The molecule has 0 aliphatic rings. The molecule has 0 aliphatic heterocycles. The van der Waals surface area contributed by atoms with Gasteiger partial charge in [0.25, 0.3) is 0 Å². The quantitative estimate of drug-likeness (QED) is 0.585. The molecule has 3 aromatic rings. The zero-order valence-electron chi connectivity index (χ0n) is 14.8. The van der Waals surface area contributed by atoms with Crippen LogP contribution in [-0.4, -0.2) is 16.8 Å². The third-order valence-corrected chi connectivity index (χ3v) is 4.86. The molecule has 140 valence electrons. The molecule has 27 heavy (non-hydrogen) atoms. The maximum absolute atomic E-state index is 14.1. The number of fused-ring (bicyclic) bond motifs is 1. The number of carboxylic acids is 1. The fraction of sp³-hybridized carbons (Fsp3) is 0.200. The summed E-state index contributed by atoms with van der Waals surface area (Å²) in [5.74, 6) is -0.895. The molecule has 1 atom stereocenters. The molecule has 0 aliphatic carbocycles. The molecule has 1 heterocycles. The van der Waals surface area contributed by atoms with Crippen LogP contribution in [0.25, 0.3) is 11.0 Å². The Kier molecular flexibility index (Phi) is 5.51. The van der Waals surface area contributed by atoms with Crippen LogP contribution in [0.2, 0.25) is 0 Å². The lowest BCUT2D eigenvalue weighted by atomic mass is 10.0. The van der Waals surface area contributed by atoms with E-state index >= 15 is 0 Å². The van der Waals surface area contributed by atoms with Crippen molar-refractivity contribution >= 4 is 34.4 Å². The Morgan fingerprint density at radius 1 is 1.30 bits per heavy atom. The summed E-state index contributed by atoms with van der Waals surface area (Å²) in [5, 5.41) is 13.0. The predicted octanol–water partition coefficient (Wildman–Crippen LogP) is 4.92. The highest BCUT2D eigenvalue weighted by Crippen LogP contribution is 2.30. The first-order valence-electron chi connectivity index (χ1n) is 8.39.